The van der Waals surface area contributed by atoms with Crippen LogP contribution in [0, 0.1) is 0 Å². The van der Waals surface area contributed by atoms with Gasteiger partial charge in [-0.2, -0.15) is 0 Å². The van der Waals surface area contributed by atoms with Gasteiger partial charge in [-0.25, -0.2) is 8.78 Å². The molecule has 0 aliphatic heterocycles. The normalized spacial score (nSPS) is 19.5. The maximum atomic E-state index is 13.3. The first-order chi connectivity index (χ1) is 6.11. The number of hydrogen-bond donors (Lipinski definition) is 1. The zero-order chi connectivity index (χ0) is 9.47. The van der Waals surface area contributed by atoms with Crippen molar-refractivity contribution in [3.8, 4) is 5.75 Å². The van der Waals surface area contributed by atoms with Gasteiger partial charge in [-0.15, -0.1) is 0 Å². The topological polar surface area (TPSA) is 20.2 Å². The van der Waals surface area contributed by atoms with Crippen molar-refractivity contribution in [1.29, 1.82) is 0 Å². The molecule has 13 heavy (non-hydrogen) atoms. The summed E-state index contributed by atoms with van der Waals surface area (Å²) in [6.07, 6.45) is 0.888. The number of hydrogen-bond acceptors (Lipinski definition) is 1. The third kappa shape index (κ3) is 1.28. The van der Waals surface area contributed by atoms with Gasteiger partial charge in [0.1, 0.15) is 5.75 Å². The molecule has 0 spiro atoms. The summed E-state index contributed by atoms with van der Waals surface area (Å²) in [6.45, 7) is 0. The van der Waals surface area contributed by atoms with E-state index in [1.54, 1.807) is 0 Å². The van der Waals surface area contributed by atoms with Gasteiger partial charge < -0.3 is 5.11 Å². The molecule has 1 aromatic rings. The molecule has 1 N–H and O–H groups in total. The van der Waals surface area contributed by atoms with Crippen LogP contribution in [-0.2, 0) is 12.3 Å². The van der Waals surface area contributed by atoms with Gasteiger partial charge in [0.15, 0.2) is 0 Å². The minimum Gasteiger partial charge on any atom is -0.508 e. The highest BCUT2D eigenvalue weighted by Crippen LogP contribution is 2.42. The van der Waals surface area contributed by atoms with Crippen molar-refractivity contribution in [2.24, 2.45) is 0 Å². The molecule has 0 atom stereocenters. The first kappa shape index (κ1) is 8.48. The Kier molecular flexibility index (Phi) is 1.75. The quantitative estimate of drug-likeness (QED) is 0.657. The number of alkyl halides is 2. The Morgan fingerprint density at radius 1 is 1.31 bits per heavy atom. The molecule has 0 heterocycles. The van der Waals surface area contributed by atoms with E-state index in [4.69, 9.17) is 0 Å². The fourth-order valence-corrected chi connectivity index (χ4v) is 1.80. The summed E-state index contributed by atoms with van der Waals surface area (Å²) in [6, 6.07) is 4.32. The highest BCUT2D eigenvalue weighted by atomic mass is 19.3. The van der Waals surface area contributed by atoms with Gasteiger partial charge in [-0.05, 0) is 18.9 Å². The van der Waals surface area contributed by atoms with E-state index in [2.05, 4.69) is 0 Å². The van der Waals surface area contributed by atoms with Crippen LogP contribution in [0.2, 0.25) is 0 Å². The van der Waals surface area contributed by atoms with E-state index in [0.717, 1.165) is 0 Å². The molecule has 0 unspecified atom stereocenters. The summed E-state index contributed by atoms with van der Waals surface area (Å²) in [5.74, 6) is -2.76. The van der Waals surface area contributed by atoms with E-state index in [1.807, 2.05) is 0 Å². The van der Waals surface area contributed by atoms with Crippen molar-refractivity contribution in [2.75, 3.05) is 0 Å². The van der Waals surface area contributed by atoms with Crippen LogP contribution in [-0.4, -0.2) is 5.11 Å². The lowest BCUT2D eigenvalue weighted by Crippen LogP contribution is -2.20. The maximum absolute atomic E-state index is 13.3. The molecule has 1 aromatic carbocycles. The third-order valence-corrected chi connectivity index (χ3v) is 2.46. The predicted octanol–water partition coefficient (Wildman–Crippen LogP) is 2.82. The minimum atomic E-state index is -2.76. The first-order valence-corrected chi connectivity index (χ1v) is 4.30. The van der Waals surface area contributed by atoms with Gasteiger partial charge in [-0.1, -0.05) is 12.1 Å². The number of fused-ring (bicyclic) bond motifs is 1. The molecule has 1 aliphatic rings. The van der Waals surface area contributed by atoms with Crippen LogP contribution >= 0.6 is 0 Å². The number of phenolic OH excluding ortho intramolecular Hbond substituents is 1. The molecule has 0 amide bonds. The Bertz CT molecular complexity index is 334. The summed E-state index contributed by atoms with van der Waals surface area (Å²) in [5.41, 5.74) is 0.414. The molecule has 1 aliphatic carbocycles. The van der Waals surface area contributed by atoms with E-state index in [0.29, 0.717) is 18.4 Å². The van der Waals surface area contributed by atoms with Gasteiger partial charge in [0.25, 0.3) is 5.92 Å². The van der Waals surface area contributed by atoms with E-state index in [9.17, 15) is 13.9 Å². The minimum absolute atomic E-state index is 0.00116. The number of aromatic hydroxyl groups is 1. The van der Waals surface area contributed by atoms with E-state index in [-0.39, 0.29) is 17.7 Å². The van der Waals surface area contributed by atoms with Crippen molar-refractivity contribution in [3.63, 3.8) is 0 Å². The lowest BCUT2D eigenvalue weighted by molar-refractivity contribution is -0.0220. The molecular formula is C10H10F2O. The van der Waals surface area contributed by atoms with Crippen molar-refractivity contribution in [1.82, 2.24) is 0 Å². The van der Waals surface area contributed by atoms with Crippen LogP contribution in [0.4, 0.5) is 8.78 Å². The highest BCUT2D eigenvalue weighted by molar-refractivity contribution is 5.42. The number of phenols is 1. The number of halogens is 2. The van der Waals surface area contributed by atoms with Gasteiger partial charge in [0.2, 0.25) is 0 Å². The van der Waals surface area contributed by atoms with Crippen molar-refractivity contribution in [2.45, 2.75) is 25.2 Å². The Labute approximate surface area is 75.0 Å². The van der Waals surface area contributed by atoms with Crippen molar-refractivity contribution in [3.05, 3.63) is 29.3 Å². The van der Waals surface area contributed by atoms with Crippen LogP contribution in [0.3, 0.4) is 0 Å². The summed E-state index contributed by atoms with van der Waals surface area (Å²) in [4.78, 5) is 0. The highest BCUT2D eigenvalue weighted by Gasteiger charge is 2.37. The monoisotopic (exact) mass is 184 g/mol. The largest absolute Gasteiger partial charge is 0.508 e. The van der Waals surface area contributed by atoms with Crippen molar-refractivity contribution >= 4 is 0 Å². The lowest BCUT2D eigenvalue weighted by atomic mass is 9.88. The Morgan fingerprint density at radius 3 is 2.77 bits per heavy atom. The number of benzene rings is 1. The second-order valence-corrected chi connectivity index (χ2v) is 3.36. The zero-order valence-corrected chi connectivity index (χ0v) is 7.06. The Morgan fingerprint density at radius 2 is 2.08 bits per heavy atom. The van der Waals surface area contributed by atoms with Gasteiger partial charge >= 0.3 is 0 Å². The third-order valence-electron chi connectivity index (χ3n) is 2.46. The second-order valence-electron chi connectivity index (χ2n) is 3.36. The average molecular weight is 184 g/mol. The Hall–Kier alpha value is -1.12. The molecule has 2 rings (SSSR count). The van der Waals surface area contributed by atoms with E-state index < -0.39 is 5.92 Å². The Balaban J connectivity index is 2.58. The predicted molar refractivity (Wildman–Crippen MR) is 44.9 cm³/mol. The fraction of sp³-hybridized carbons (Fsp3) is 0.400. The van der Waals surface area contributed by atoms with Crippen LogP contribution in [0.5, 0.6) is 5.75 Å². The van der Waals surface area contributed by atoms with E-state index in [1.165, 1.54) is 18.2 Å². The molecule has 0 bridgehead atoms. The molecule has 0 aromatic heterocycles. The molecule has 3 heteroatoms. The summed E-state index contributed by atoms with van der Waals surface area (Å²) < 4.78 is 26.5. The summed E-state index contributed by atoms with van der Waals surface area (Å²) >= 11 is 0. The van der Waals surface area contributed by atoms with Gasteiger partial charge in [0.05, 0.1) is 0 Å². The molecule has 0 fully saturated rings. The average Bonchev–Trinajstić information content (AvgIpc) is 2.06. The summed E-state index contributed by atoms with van der Waals surface area (Å²) in [5, 5.41) is 9.36. The van der Waals surface area contributed by atoms with Crippen LogP contribution in [0.1, 0.15) is 24.0 Å². The smallest absolute Gasteiger partial charge is 0.273 e. The second kappa shape index (κ2) is 2.69. The molecule has 1 nitrogen and oxygen atoms in total. The van der Waals surface area contributed by atoms with Gasteiger partial charge in [0, 0.05) is 17.5 Å². The van der Waals surface area contributed by atoms with Gasteiger partial charge in [-0.3, -0.25) is 0 Å². The van der Waals surface area contributed by atoms with E-state index >= 15 is 0 Å². The lowest BCUT2D eigenvalue weighted by Gasteiger charge is -2.25. The molecule has 70 valence electrons. The first-order valence-electron chi connectivity index (χ1n) is 4.30. The molecule has 0 saturated heterocycles. The zero-order valence-electron chi connectivity index (χ0n) is 7.06. The van der Waals surface area contributed by atoms with Crippen molar-refractivity contribution < 1.29 is 13.9 Å². The molecule has 0 saturated carbocycles. The number of rotatable bonds is 0. The SMILES string of the molecule is Oc1cccc2c1CCCC2(F)F. The standard InChI is InChI=1S/C10H10F2O/c11-10(12)6-2-3-7-8(10)4-1-5-9(7)13/h1,4-5,13H,2-3,6H2. The molecule has 0 radical (unpaired) electrons. The maximum Gasteiger partial charge on any atom is 0.273 e. The summed E-state index contributed by atoms with van der Waals surface area (Å²) in [7, 11) is 0. The fourth-order valence-electron chi connectivity index (χ4n) is 1.80. The van der Waals surface area contributed by atoms with Crippen LogP contribution in [0.15, 0.2) is 18.2 Å². The van der Waals surface area contributed by atoms with Crippen LogP contribution in [0.25, 0.3) is 0 Å². The van der Waals surface area contributed by atoms with Crippen LogP contribution < -0.4 is 0 Å². The molecular weight excluding hydrogens is 174 g/mol.